The van der Waals surface area contributed by atoms with Crippen LogP contribution in [-0.2, 0) is 4.79 Å². The van der Waals surface area contributed by atoms with Gasteiger partial charge in [-0.25, -0.2) is 0 Å². The zero-order valence-corrected chi connectivity index (χ0v) is 14.1. The highest BCUT2D eigenvalue weighted by molar-refractivity contribution is 5.95. The average Bonchev–Trinajstić information content (AvgIpc) is 3.18. The van der Waals surface area contributed by atoms with E-state index in [0.717, 1.165) is 28.1 Å². The van der Waals surface area contributed by atoms with Gasteiger partial charge < -0.3 is 15.4 Å². The second kappa shape index (κ2) is 7.63. The summed E-state index contributed by atoms with van der Waals surface area (Å²) in [5.41, 5.74) is 3.61. The molecule has 0 saturated carbocycles. The zero-order chi connectivity index (χ0) is 17.6. The summed E-state index contributed by atoms with van der Waals surface area (Å²) in [6, 6.07) is 14.6. The molecule has 0 radical (unpaired) electrons. The lowest BCUT2D eigenvalue weighted by atomic mass is 10.1. The highest BCUT2D eigenvalue weighted by Crippen LogP contribution is 2.23. The second-order valence-electron chi connectivity index (χ2n) is 5.55. The average molecular weight is 336 g/mol. The summed E-state index contributed by atoms with van der Waals surface area (Å²) in [5.74, 6) is 0.585. The van der Waals surface area contributed by atoms with E-state index in [1.165, 1.54) is 0 Å². The molecule has 3 N–H and O–H groups in total. The van der Waals surface area contributed by atoms with E-state index in [-0.39, 0.29) is 5.91 Å². The van der Waals surface area contributed by atoms with E-state index >= 15 is 0 Å². The van der Waals surface area contributed by atoms with Crippen LogP contribution in [0.1, 0.15) is 11.6 Å². The van der Waals surface area contributed by atoms with Gasteiger partial charge in [-0.05, 0) is 42.4 Å². The molecule has 1 atom stereocenters. The number of carbonyl (C=O) groups excluding carboxylic acids is 1. The van der Waals surface area contributed by atoms with Gasteiger partial charge in [-0.2, -0.15) is 5.10 Å². The normalized spacial score (nSPS) is 11.8. The van der Waals surface area contributed by atoms with Crippen molar-refractivity contribution in [1.29, 1.82) is 0 Å². The Morgan fingerprint density at radius 3 is 2.60 bits per heavy atom. The summed E-state index contributed by atoms with van der Waals surface area (Å²) >= 11 is 0. The Morgan fingerprint density at radius 2 is 1.96 bits per heavy atom. The van der Waals surface area contributed by atoms with Crippen LogP contribution in [0.15, 0.2) is 60.9 Å². The number of aromatic amines is 1. The summed E-state index contributed by atoms with van der Waals surface area (Å²) in [7, 11) is 3.36. The van der Waals surface area contributed by atoms with E-state index in [4.69, 9.17) is 4.74 Å². The van der Waals surface area contributed by atoms with Gasteiger partial charge >= 0.3 is 0 Å². The predicted molar refractivity (Wildman–Crippen MR) is 97.4 cm³/mol. The molecule has 2 aromatic carbocycles. The van der Waals surface area contributed by atoms with Crippen molar-refractivity contribution in [2.24, 2.45) is 0 Å². The van der Waals surface area contributed by atoms with E-state index in [1.807, 2.05) is 54.7 Å². The summed E-state index contributed by atoms with van der Waals surface area (Å²) in [6.07, 6.45) is 3.58. The second-order valence-corrected chi connectivity index (χ2v) is 5.55. The Balaban J connectivity index is 1.73. The molecule has 0 fully saturated rings. The third-order valence-electron chi connectivity index (χ3n) is 3.96. The van der Waals surface area contributed by atoms with Crippen LogP contribution >= 0.6 is 0 Å². The monoisotopic (exact) mass is 336 g/mol. The van der Waals surface area contributed by atoms with Crippen LogP contribution in [0.4, 0.5) is 5.69 Å². The quantitative estimate of drug-likeness (QED) is 0.646. The van der Waals surface area contributed by atoms with Crippen LogP contribution in [0.25, 0.3) is 11.1 Å². The van der Waals surface area contributed by atoms with Crippen LogP contribution in [0.2, 0.25) is 0 Å². The third kappa shape index (κ3) is 3.87. The van der Waals surface area contributed by atoms with Crippen LogP contribution < -0.4 is 15.4 Å². The third-order valence-corrected chi connectivity index (χ3v) is 3.96. The number of carbonyl (C=O) groups is 1. The van der Waals surface area contributed by atoms with E-state index in [2.05, 4.69) is 20.8 Å². The van der Waals surface area contributed by atoms with Gasteiger partial charge in [0, 0.05) is 17.4 Å². The summed E-state index contributed by atoms with van der Waals surface area (Å²) in [5, 5.41) is 12.7. The minimum atomic E-state index is -0.469. The Hall–Kier alpha value is -3.12. The molecule has 6 heteroatoms. The number of methoxy groups -OCH3 is 1. The van der Waals surface area contributed by atoms with Gasteiger partial charge in [-0.1, -0.05) is 24.3 Å². The molecule has 1 aromatic heterocycles. The first-order chi connectivity index (χ1) is 12.2. The first-order valence-electron chi connectivity index (χ1n) is 7.92. The standard InChI is InChI=1S/C19H20N4O2/c1-20-18(14-4-3-5-17(10-14)25-2)19(24)23-16-8-6-13(7-9-16)15-11-21-22-12-15/h3-12,18,20H,1-2H3,(H,21,22)(H,23,24)/t18-/m0/s1. The van der Waals surface area contributed by atoms with Gasteiger partial charge in [0.1, 0.15) is 11.8 Å². The molecule has 3 rings (SSSR count). The number of aromatic nitrogens is 2. The maximum Gasteiger partial charge on any atom is 0.246 e. The molecule has 128 valence electrons. The first-order valence-corrected chi connectivity index (χ1v) is 7.92. The molecule has 6 nitrogen and oxygen atoms in total. The van der Waals surface area contributed by atoms with Crippen molar-refractivity contribution in [3.05, 3.63) is 66.5 Å². The number of likely N-dealkylation sites (N-methyl/N-ethyl adjacent to an activating group) is 1. The number of nitrogens with one attached hydrogen (secondary N) is 3. The van der Waals surface area contributed by atoms with E-state index in [1.54, 1.807) is 20.4 Å². The Labute approximate surface area is 146 Å². The van der Waals surface area contributed by atoms with E-state index in [0.29, 0.717) is 0 Å². The molecule has 25 heavy (non-hydrogen) atoms. The van der Waals surface area contributed by atoms with Gasteiger partial charge in [-0.3, -0.25) is 9.89 Å². The van der Waals surface area contributed by atoms with Crippen molar-refractivity contribution in [2.75, 3.05) is 19.5 Å². The number of benzene rings is 2. The largest absolute Gasteiger partial charge is 0.497 e. The number of H-pyrrole nitrogens is 1. The van der Waals surface area contributed by atoms with E-state index < -0.39 is 6.04 Å². The van der Waals surface area contributed by atoms with Gasteiger partial charge in [0.15, 0.2) is 0 Å². The molecule has 3 aromatic rings. The highest BCUT2D eigenvalue weighted by Gasteiger charge is 2.19. The Bertz CT molecular complexity index is 829. The molecule has 0 aliphatic heterocycles. The molecule has 0 aliphatic rings. The lowest BCUT2D eigenvalue weighted by Gasteiger charge is -2.17. The summed E-state index contributed by atoms with van der Waals surface area (Å²) < 4.78 is 5.23. The van der Waals surface area contributed by atoms with Crippen molar-refractivity contribution in [3.63, 3.8) is 0 Å². The van der Waals surface area contributed by atoms with Gasteiger partial charge in [0.25, 0.3) is 0 Å². The molecule has 0 spiro atoms. The molecular weight excluding hydrogens is 316 g/mol. The van der Waals surface area contributed by atoms with Crippen molar-refractivity contribution in [1.82, 2.24) is 15.5 Å². The summed E-state index contributed by atoms with van der Waals surface area (Å²) in [4.78, 5) is 12.6. The molecule has 0 unspecified atom stereocenters. The lowest BCUT2D eigenvalue weighted by molar-refractivity contribution is -0.118. The number of anilines is 1. The molecular formula is C19H20N4O2. The van der Waals surface area contributed by atoms with Crippen LogP contribution in [0.5, 0.6) is 5.75 Å². The van der Waals surface area contributed by atoms with Crippen molar-refractivity contribution < 1.29 is 9.53 Å². The van der Waals surface area contributed by atoms with Crippen LogP contribution in [0.3, 0.4) is 0 Å². The zero-order valence-electron chi connectivity index (χ0n) is 14.1. The SMILES string of the molecule is CN[C@H](C(=O)Nc1ccc(-c2cn[nH]c2)cc1)c1cccc(OC)c1. The maximum atomic E-state index is 12.6. The minimum absolute atomic E-state index is 0.133. The van der Waals surface area contributed by atoms with Crippen LogP contribution in [-0.4, -0.2) is 30.3 Å². The first kappa shape index (κ1) is 16.7. The topological polar surface area (TPSA) is 79.0 Å². The molecule has 1 heterocycles. The molecule has 0 aliphatic carbocycles. The number of hydrogen-bond donors (Lipinski definition) is 3. The van der Waals surface area contributed by atoms with Crippen molar-refractivity contribution in [3.8, 4) is 16.9 Å². The molecule has 0 bridgehead atoms. The van der Waals surface area contributed by atoms with Gasteiger partial charge in [0.2, 0.25) is 5.91 Å². The van der Waals surface area contributed by atoms with Crippen LogP contribution in [0, 0.1) is 0 Å². The number of amides is 1. The van der Waals surface area contributed by atoms with Gasteiger partial charge in [-0.15, -0.1) is 0 Å². The van der Waals surface area contributed by atoms with Crippen molar-refractivity contribution in [2.45, 2.75) is 6.04 Å². The van der Waals surface area contributed by atoms with Crippen molar-refractivity contribution >= 4 is 11.6 Å². The predicted octanol–water partition coefficient (Wildman–Crippen LogP) is 2.98. The smallest absolute Gasteiger partial charge is 0.246 e. The van der Waals surface area contributed by atoms with Gasteiger partial charge in [0.05, 0.1) is 13.3 Å². The number of nitrogens with zero attached hydrogens (tertiary/aromatic N) is 1. The fourth-order valence-electron chi connectivity index (χ4n) is 2.64. The molecule has 0 saturated heterocycles. The number of hydrogen-bond acceptors (Lipinski definition) is 4. The Kier molecular flexibility index (Phi) is 5.11. The lowest BCUT2D eigenvalue weighted by Crippen LogP contribution is -2.30. The number of ether oxygens (including phenoxy) is 1. The number of rotatable bonds is 6. The maximum absolute atomic E-state index is 12.6. The van der Waals surface area contributed by atoms with E-state index in [9.17, 15) is 4.79 Å². The highest BCUT2D eigenvalue weighted by atomic mass is 16.5. The minimum Gasteiger partial charge on any atom is -0.497 e. The molecule has 1 amide bonds. The fraction of sp³-hybridized carbons (Fsp3) is 0.158. The fourth-order valence-corrected chi connectivity index (χ4v) is 2.64. The summed E-state index contributed by atoms with van der Waals surface area (Å²) in [6.45, 7) is 0. The Morgan fingerprint density at radius 1 is 1.16 bits per heavy atom.